The lowest BCUT2D eigenvalue weighted by molar-refractivity contribution is -0.114. The van der Waals surface area contributed by atoms with E-state index in [1.54, 1.807) is 0 Å². The Morgan fingerprint density at radius 2 is 1.84 bits per heavy atom. The molecule has 1 aliphatic carbocycles. The maximum absolute atomic E-state index is 10.9. The van der Waals surface area contributed by atoms with Crippen molar-refractivity contribution >= 4 is 23.1 Å². The Kier molecular flexibility index (Phi) is 4.55. The highest BCUT2D eigenvalue weighted by atomic mass is 16.1. The van der Waals surface area contributed by atoms with Crippen LogP contribution in [0.3, 0.4) is 0 Å². The molecule has 1 aromatic rings. The first-order valence-electron chi connectivity index (χ1n) is 6.87. The third kappa shape index (κ3) is 4.09. The van der Waals surface area contributed by atoms with E-state index in [1.807, 2.05) is 24.3 Å². The van der Waals surface area contributed by atoms with Gasteiger partial charge < -0.3 is 11.1 Å². The summed E-state index contributed by atoms with van der Waals surface area (Å²) in [4.78, 5) is 15.4. The van der Waals surface area contributed by atoms with E-state index in [1.165, 1.54) is 26.2 Å². The van der Waals surface area contributed by atoms with Crippen molar-refractivity contribution < 1.29 is 4.79 Å². The van der Waals surface area contributed by atoms with E-state index in [-0.39, 0.29) is 5.91 Å². The first-order chi connectivity index (χ1) is 9.15. The summed E-state index contributed by atoms with van der Waals surface area (Å²) in [5, 5.41) is 2.73. The number of rotatable bonds is 3. The molecule has 0 atom stereocenters. The molecule has 2 rings (SSSR count). The van der Waals surface area contributed by atoms with Gasteiger partial charge in [-0.3, -0.25) is 4.79 Å². The molecule has 0 aliphatic heterocycles. The lowest BCUT2D eigenvalue weighted by atomic mass is 9.88. The van der Waals surface area contributed by atoms with E-state index in [0.717, 1.165) is 30.1 Å². The van der Waals surface area contributed by atoms with Crippen molar-refractivity contribution in [3.05, 3.63) is 24.3 Å². The van der Waals surface area contributed by atoms with Crippen molar-refractivity contribution in [1.82, 2.24) is 0 Å². The van der Waals surface area contributed by atoms with Gasteiger partial charge in [0.25, 0.3) is 0 Å². The quantitative estimate of drug-likeness (QED) is 0.646. The summed E-state index contributed by atoms with van der Waals surface area (Å²) < 4.78 is 0. The number of carbonyl (C=O) groups is 1. The standard InChI is InChI=1S/C15H21N3O/c1-11(19)17-13-7-9-14(10-8-13)18-15(16)12-5-3-2-4-6-12/h7-10,12H,2-6H2,1H3,(H2,16,18)(H,17,19). The minimum absolute atomic E-state index is 0.0713. The number of nitrogens with two attached hydrogens (primary N) is 1. The van der Waals surface area contributed by atoms with Crippen LogP contribution >= 0.6 is 0 Å². The zero-order chi connectivity index (χ0) is 13.7. The topological polar surface area (TPSA) is 67.5 Å². The average molecular weight is 259 g/mol. The summed E-state index contributed by atoms with van der Waals surface area (Å²) in [5.41, 5.74) is 7.70. The number of nitrogens with zero attached hydrogens (tertiary/aromatic N) is 1. The molecule has 19 heavy (non-hydrogen) atoms. The summed E-state index contributed by atoms with van der Waals surface area (Å²) in [5.74, 6) is 1.11. The fourth-order valence-corrected chi connectivity index (χ4v) is 2.46. The van der Waals surface area contributed by atoms with Crippen LogP contribution in [0.4, 0.5) is 11.4 Å². The van der Waals surface area contributed by atoms with E-state index >= 15 is 0 Å². The molecule has 0 spiro atoms. The van der Waals surface area contributed by atoms with Crippen molar-refractivity contribution in [1.29, 1.82) is 0 Å². The zero-order valence-electron chi connectivity index (χ0n) is 11.4. The Morgan fingerprint density at radius 1 is 1.21 bits per heavy atom. The normalized spacial score (nSPS) is 17.2. The van der Waals surface area contributed by atoms with Crippen LogP contribution < -0.4 is 11.1 Å². The maximum Gasteiger partial charge on any atom is 0.221 e. The predicted molar refractivity (Wildman–Crippen MR) is 78.6 cm³/mol. The third-order valence-corrected chi connectivity index (χ3v) is 3.47. The fourth-order valence-electron chi connectivity index (χ4n) is 2.46. The van der Waals surface area contributed by atoms with Crippen molar-refractivity contribution in [2.45, 2.75) is 39.0 Å². The summed E-state index contributed by atoms with van der Waals surface area (Å²) in [6.07, 6.45) is 6.12. The van der Waals surface area contributed by atoms with Crippen LogP contribution in [-0.2, 0) is 4.79 Å². The van der Waals surface area contributed by atoms with E-state index in [4.69, 9.17) is 5.73 Å². The summed E-state index contributed by atoms with van der Waals surface area (Å²) in [7, 11) is 0. The van der Waals surface area contributed by atoms with Crippen LogP contribution in [0.1, 0.15) is 39.0 Å². The van der Waals surface area contributed by atoms with Gasteiger partial charge in [0.05, 0.1) is 5.69 Å². The zero-order valence-corrected chi connectivity index (χ0v) is 11.4. The maximum atomic E-state index is 10.9. The second-order valence-corrected chi connectivity index (χ2v) is 5.10. The fraction of sp³-hybridized carbons (Fsp3) is 0.467. The van der Waals surface area contributed by atoms with Crippen molar-refractivity contribution in [3.8, 4) is 0 Å². The SMILES string of the molecule is CC(=O)Nc1ccc(N=C(N)C2CCCCC2)cc1. The smallest absolute Gasteiger partial charge is 0.221 e. The highest BCUT2D eigenvalue weighted by molar-refractivity contribution is 5.89. The molecule has 102 valence electrons. The van der Waals surface area contributed by atoms with Crippen molar-refractivity contribution in [3.63, 3.8) is 0 Å². The van der Waals surface area contributed by atoms with Gasteiger partial charge in [-0.1, -0.05) is 19.3 Å². The molecule has 4 heteroatoms. The molecule has 0 saturated heterocycles. The van der Waals surface area contributed by atoms with E-state index in [2.05, 4.69) is 10.3 Å². The van der Waals surface area contributed by atoms with E-state index < -0.39 is 0 Å². The summed E-state index contributed by atoms with van der Waals surface area (Å²) >= 11 is 0. The Morgan fingerprint density at radius 3 is 2.42 bits per heavy atom. The number of nitrogens with one attached hydrogen (secondary N) is 1. The first-order valence-corrected chi connectivity index (χ1v) is 6.87. The Balaban J connectivity index is 2.02. The summed E-state index contributed by atoms with van der Waals surface area (Å²) in [6.45, 7) is 1.49. The number of hydrogen-bond donors (Lipinski definition) is 2. The second-order valence-electron chi connectivity index (χ2n) is 5.10. The molecule has 0 unspecified atom stereocenters. The number of amides is 1. The highest BCUT2D eigenvalue weighted by Crippen LogP contribution is 2.25. The van der Waals surface area contributed by atoms with Gasteiger partial charge in [0, 0.05) is 18.5 Å². The number of amidine groups is 1. The second kappa shape index (κ2) is 6.36. The van der Waals surface area contributed by atoms with Crippen LogP contribution in [0.15, 0.2) is 29.3 Å². The monoisotopic (exact) mass is 259 g/mol. The average Bonchev–Trinajstić information content (AvgIpc) is 2.41. The summed E-state index contributed by atoms with van der Waals surface area (Å²) in [6, 6.07) is 7.44. The molecule has 1 aliphatic rings. The third-order valence-electron chi connectivity index (χ3n) is 3.47. The molecule has 4 nitrogen and oxygen atoms in total. The molecule has 0 aromatic heterocycles. The van der Waals surface area contributed by atoms with Gasteiger partial charge in [0.15, 0.2) is 0 Å². The Hall–Kier alpha value is -1.84. The van der Waals surface area contributed by atoms with Gasteiger partial charge in [-0.15, -0.1) is 0 Å². The van der Waals surface area contributed by atoms with Crippen LogP contribution in [0.25, 0.3) is 0 Å². The predicted octanol–water partition coefficient (Wildman–Crippen LogP) is 3.21. The van der Waals surface area contributed by atoms with Crippen LogP contribution in [0, 0.1) is 5.92 Å². The number of benzene rings is 1. The largest absolute Gasteiger partial charge is 0.387 e. The molecular weight excluding hydrogens is 238 g/mol. The molecule has 1 fully saturated rings. The highest BCUT2D eigenvalue weighted by Gasteiger charge is 2.16. The molecular formula is C15H21N3O. The minimum atomic E-state index is -0.0713. The molecule has 1 saturated carbocycles. The molecule has 0 heterocycles. The number of aliphatic imine (C=N–C) groups is 1. The number of anilines is 1. The van der Waals surface area contributed by atoms with Gasteiger partial charge in [-0.25, -0.2) is 4.99 Å². The molecule has 3 N–H and O–H groups in total. The number of carbonyl (C=O) groups excluding carboxylic acids is 1. The van der Waals surface area contributed by atoms with Crippen molar-refractivity contribution in [2.75, 3.05) is 5.32 Å². The van der Waals surface area contributed by atoms with Crippen molar-refractivity contribution in [2.24, 2.45) is 16.6 Å². The molecule has 1 aromatic carbocycles. The van der Waals surface area contributed by atoms with Crippen LogP contribution in [0.2, 0.25) is 0 Å². The first kappa shape index (κ1) is 13.6. The number of hydrogen-bond acceptors (Lipinski definition) is 2. The lowest BCUT2D eigenvalue weighted by Crippen LogP contribution is -2.25. The molecule has 1 amide bonds. The van der Waals surface area contributed by atoms with Gasteiger partial charge >= 0.3 is 0 Å². The van der Waals surface area contributed by atoms with Gasteiger partial charge in [0.2, 0.25) is 5.91 Å². The molecule has 0 bridgehead atoms. The Labute approximate surface area is 114 Å². The van der Waals surface area contributed by atoms with Gasteiger partial charge in [0.1, 0.15) is 5.84 Å². The van der Waals surface area contributed by atoms with E-state index in [0.29, 0.717) is 5.92 Å². The van der Waals surface area contributed by atoms with Crippen LogP contribution in [0.5, 0.6) is 0 Å². The Bertz CT molecular complexity index is 459. The van der Waals surface area contributed by atoms with E-state index in [9.17, 15) is 4.79 Å². The van der Waals surface area contributed by atoms with Crippen LogP contribution in [-0.4, -0.2) is 11.7 Å². The molecule has 0 radical (unpaired) electrons. The van der Waals surface area contributed by atoms with Gasteiger partial charge in [-0.2, -0.15) is 0 Å². The lowest BCUT2D eigenvalue weighted by Gasteiger charge is -2.20. The minimum Gasteiger partial charge on any atom is -0.387 e. The van der Waals surface area contributed by atoms with Gasteiger partial charge in [-0.05, 0) is 37.1 Å².